The Kier molecular flexibility index (Phi) is 3.65. The van der Waals surface area contributed by atoms with Crippen LogP contribution in [0, 0.1) is 6.92 Å². The van der Waals surface area contributed by atoms with Crippen LogP contribution >= 0.6 is 0 Å². The van der Waals surface area contributed by atoms with E-state index < -0.39 is 0 Å². The first kappa shape index (κ1) is 11.5. The highest BCUT2D eigenvalue weighted by molar-refractivity contribution is 5.27. The predicted octanol–water partition coefficient (Wildman–Crippen LogP) is 2.31. The van der Waals surface area contributed by atoms with Crippen LogP contribution in [0.4, 0.5) is 5.95 Å². The van der Waals surface area contributed by atoms with Gasteiger partial charge in [0.1, 0.15) is 12.4 Å². The lowest BCUT2D eigenvalue weighted by atomic mass is 10.2. The van der Waals surface area contributed by atoms with E-state index in [0.717, 1.165) is 18.2 Å². The second-order valence-corrected chi connectivity index (χ2v) is 3.86. The third kappa shape index (κ3) is 3.00. The van der Waals surface area contributed by atoms with E-state index in [1.54, 1.807) is 6.20 Å². The van der Waals surface area contributed by atoms with Crippen LogP contribution in [0.25, 0.3) is 0 Å². The van der Waals surface area contributed by atoms with E-state index in [4.69, 9.17) is 4.74 Å². The molecule has 1 aromatic heterocycles. The Balaban J connectivity index is 1.87. The molecule has 1 heterocycles. The maximum absolute atomic E-state index is 5.68. The number of benzene rings is 1. The number of anilines is 1. The molecule has 0 unspecified atom stereocenters. The minimum absolute atomic E-state index is 0.633. The molecule has 0 atom stereocenters. The Morgan fingerprint density at radius 3 is 3.06 bits per heavy atom. The molecule has 0 radical (unpaired) electrons. The third-order valence-corrected chi connectivity index (χ3v) is 2.53. The quantitative estimate of drug-likeness (QED) is 0.858. The fourth-order valence-electron chi connectivity index (χ4n) is 1.68. The molecule has 0 amide bonds. The predicted molar refractivity (Wildman–Crippen MR) is 68.4 cm³/mol. The normalized spacial score (nSPS) is 10.2. The summed E-state index contributed by atoms with van der Waals surface area (Å²) >= 11 is 0. The van der Waals surface area contributed by atoms with Gasteiger partial charge in [0.05, 0.1) is 6.54 Å². The van der Waals surface area contributed by atoms with Crippen LogP contribution in [0.15, 0.2) is 36.7 Å². The standard InChI is InChI=1S/C13H17N3O/c1-11-4-3-5-12(10-11)17-9-8-16-7-6-15-13(16)14-2/h3-7,10H,8-9H2,1-2H3,(H,14,15). The van der Waals surface area contributed by atoms with Crippen molar-refractivity contribution in [2.24, 2.45) is 0 Å². The van der Waals surface area contributed by atoms with Crippen molar-refractivity contribution in [1.29, 1.82) is 0 Å². The monoisotopic (exact) mass is 231 g/mol. The number of aromatic nitrogens is 2. The first-order valence-corrected chi connectivity index (χ1v) is 5.68. The van der Waals surface area contributed by atoms with E-state index in [2.05, 4.69) is 23.3 Å². The van der Waals surface area contributed by atoms with Gasteiger partial charge >= 0.3 is 0 Å². The number of hydrogen-bond donors (Lipinski definition) is 1. The van der Waals surface area contributed by atoms with Crippen molar-refractivity contribution in [3.63, 3.8) is 0 Å². The van der Waals surface area contributed by atoms with Gasteiger partial charge < -0.3 is 14.6 Å². The van der Waals surface area contributed by atoms with Gasteiger partial charge in [0, 0.05) is 19.4 Å². The largest absolute Gasteiger partial charge is 0.492 e. The molecule has 0 bridgehead atoms. The zero-order chi connectivity index (χ0) is 12.1. The second-order valence-electron chi connectivity index (χ2n) is 3.86. The van der Waals surface area contributed by atoms with E-state index in [1.165, 1.54) is 5.56 Å². The Morgan fingerprint density at radius 2 is 2.29 bits per heavy atom. The van der Waals surface area contributed by atoms with Crippen molar-refractivity contribution in [2.45, 2.75) is 13.5 Å². The molecule has 0 saturated heterocycles. The lowest BCUT2D eigenvalue weighted by Gasteiger charge is -2.09. The van der Waals surface area contributed by atoms with Gasteiger partial charge in [-0.1, -0.05) is 12.1 Å². The molecule has 1 aromatic carbocycles. The maximum atomic E-state index is 5.68. The summed E-state index contributed by atoms with van der Waals surface area (Å²) in [6.45, 7) is 3.47. The SMILES string of the molecule is CNc1nccn1CCOc1cccc(C)c1. The Morgan fingerprint density at radius 1 is 1.41 bits per heavy atom. The molecule has 0 fully saturated rings. The average Bonchev–Trinajstić information content (AvgIpc) is 2.77. The van der Waals surface area contributed by atoms with Crippen LogP contribution in [-0.2, 0) is 6.54 Å². The van der Waals surface area contributed by atoms with Gasteiger partial charge in [-0.25, -0.2) is 4.98 Å². The molecule has 0 aliphatic carbocycles. The average molecular weight is 231 g/mol. The summed E-state index contributed by atoms with van der Waals surface area (Å²) in [6, 6.07) is 8.07. The van der Waals surface area contributed by atoms with Crippen molar-refractivity contribution >= 4 is 5.95 Å². The van der Waals surface area contributed by atoms with Crippen LogP contribution in [0.1, 0.15) is 5.56 Å². The van der Waals surface area contributed by atoms with Crippen LogP contribution < -0.4 is 10.1 Å². The van der Waals surface area contributed by atoms with Gasteiger partial charge in [-0.3, -0.25) is 0 Å². The van der Waals surface area contributed by atoms with Crippen molar-refractivity contribution in [3.8, 4) is 5.75 Å². The molecule has 0 spiro atoms. The molecular weight excluding hydrogens is 214 g/mol. The molecular formula is C13H17N3O. The number of aryl methyl sites for hydroxylation is 1. The number of imidazole rings is 1. The molecule has 2 aromatic rings. The summed E-state index contributed by atoms with van der Waals surface area (Å²) < 4.78 is 7.71. The van der Waals surface area contributed by atoms with Crippen LogP contribution in [0.2, 0.25) is 0 Å². The first-order chi connectivity index (χ1) is 8.29. The molecule has 4 heteroatoms. The molecule has 90 valence electrons. The maximum Gasteiger partial charge on any atom is 0.202 e. The Bertz CT molecular complexity index is 479. The minimum Gasteiger partial charge on any atom is -0.492 e. The van der Waals surface area contributed by atoms with E-state index in [9.17, 15) is 0 Å². The molecule has 4 nitrogen and oxygen atoms in total. The second kappa shape index (κ2) is 5.39. The number of nitrogens with one attached hydrogen (secondary N) is 1. The summed E-state index contributed by atoms with van der Waals surface area (Å²) in [6.07, 6.45) is 3.71. The Hall–Kier alpha value is -1.97. The molecule has 2 rings (SSSR count). The van der Waals surface area contributed by atoms with Crippen molar-refractivity contribution in [1.82, 2.24) is 9.55 Å². The lowest BCUT2D eigenvalue weighted by molar-refractivity contribution is 0.299. The molecule has 0 aliphatic rings. The summed E-state index contributed by atoms with van der Waals surface area (Å²) in [7, 11) is 1.86. The van der Waals surface area contributed by atoms with E-state index in [0.29, 0.717) is 6.61 Å². The fraction of sp³-hybridized carbons (Fsp3) is 0.308. The zero-order valence-electron chi connectivity index (χ0n) is 10.2. The number of hydrogen-bond acceptors (Lipinski definition) is 3. The topological polar surface area (TPSA) is 39.1 Å². The highest BCUT2D eigenvalue weighted by Gasteiger charge is 2.00. The van der Waals surface area contributed by atoms with Gasteiger partial charge in [0.15, 0.2) is 0 Å². The summed E-state index contributed by atoms with van der Waals surface area (Å²) in [4.78, 5) is 4.17. The van der Waals surface area contributed by atoms with Gasteiger partial charge in [-0.05, 0) is 24.6 Å². The number of ether oxygens (including phenoxy) is 1. The highest BCUT2D eigenvalue weighted by Crippen LogP contribution is 2.12. The minimum atomic E-state index is 0.633. The summed E-state index contributed by atoms with van der Waals surface area (Å²) in [5.41, 5.74) is 1.21. The van der Waals surface area contributed by atoms with Gasteiger partial charge in [0.25, 0.3) is 0 Å². The third-order valence-electron chi connectivity index (χ3n) is 2.53. The van der Waals surface area contributed by atoms with Gasteiger partial charge in [0.2, 0.25) is 5.95 Å². The zero-order valence-corrected chi connectivity index (χ0v) is 10.2. The molecule has 0 aliphatic heterocycles. The van der Waals surface area contributed by atoms with Crippen molar-refractivity contribution in [2.75, 3.05) is 19.0 Å². The van der Waals surface area contributed by atoms with Crippen LogP contribution in [0.5, 0.6) is 5.75 Å². The molecule has 17 heavy (non-hydrogen) atoms. The highest BCUT2D eigenvalue weighted by atomic mass is 16.5. The molecule has 0 saturated carbocycles. The number of rotatable bonds is 5. The van der Waals surface area contributed by atoms with Crippen molar-refractivity contribution in [3.05, 3.63) is 42.2 Å². The summed E-state index contributed by atoms with van der Waals surface area (Å²) in [5, 5.41) is 3.03. The first-order valence-electron chi connectivity index (χ1n) is 5.68. The van der Waals surface area contributed by atoms with Crippen LogP contribution in [0.3, 0.4) is 0 Å². The van der Waals surface area contributed by atoms with Gasteiger partial charge in [-0.15, -0.1) is 0 Å². The Labute approximate surface area is 101 Å². The fourth-order valence-corrected chi connectivity index (χ4v) is 1.68. The summed E-state index contributed by atoms with van der Waals surface area (Å²) in [5.74, 6) is 1.77. The van der Waals surface area contributed by atoms with E-state index >= 15 is 0 Å². The molecule has 1 N–H and O–H groups in total. The van der Waals surface area contributed by atoms with E-state index in [-0.39, 0.29) is 0 Å². The van der Waals surface area contributed by atoms with E-state index in [1.807, 2.05) is 36.0 Å². The number of nitrogens with zero attached hydrogens (tertiary/aromatic N) is 2. The lowest BCUT2D eigenvalue weighted by Crippen LogP contribution is -2.10. The van der Waals surface area contributed by atoms with Gasteiger partial charge in [-0.2, -0.15) is 0 Å². The van der Waals surface area contributed by atoms with Crippen molar-refractivity contribution < 1.29 is 4.74 Å². The van der Waals surface area contributed by atoms with Crippen LogP contribution in [-0.4, -0.2) is 23.2 Å². The smallest absolute Gasteiger partial charge is 0.202 e.